The Kier molecular flexibility index (Phi) is 3.36. The molecule has 2 heteroatoms. The van der Waals surface area contributed by atoms with E-state index in [0.29, 0.717) is 5.41 Å². The Morgan fingerprint density at radius 1 is 1.00 bits per heavy atom. The lowest BCUT2D eigenvalue weighted by atomic mass is 9.90. The van der Waals surface area contributed by atoms with Crippen molar-refractivity contribution in [1.29, 1.82) is 0 Å². The highest BCUT2D eigenvalue weighted by atomic mass is 15.2. The molecule has 2 nitrogen and oxygen atoms in total. The van der Waals surface area contributed by atoms with Gasteiger partial charge < -0.3 is 9.80 Å². The van der Waals surface area contributed by atoms with Gasteiger partial charge in [0.1, 0.15) is 0 Å². The maximum Gasteiger partial charge on any atom is 0.00420 e. The largest absolute Gasteiger partial charge is 0.305 e. The molecule has 0 aromatic rings. The van der Waals surface area contributed by atoms with Gasteiger partial charge in [0.05, 0.1) is 0 Å². The minimum absolute atomic E-state index is 0.434. The first-order valence-corrected chi connectivity index (χ1v) is 5.26. The maximum absolute atomic E-state index is 2.47. The molecule has 0 bridgehead atoms. The fourth-order valence-corrected chi connectivity index (χ4v) is 2.76. The lowest BCUT2D eigenvalue weighted by molar-refractivity contribution is 0.0959. The van der Waals surface area contributed by atoms with Crippen molar-refractivity contribution < 1.29 is 0 Å². The molecule has 0 saturated carbocycles. The topological polar surface area (TPSA) is 6.48 Å². The molecule has 1 fully saturated rings. The molecule has 0 atom stereocenters. The van der Waals surface area contributed by atoms with E-state index in [0.717, 1.165) is 5.92 Å². The third kappa shape index (κ3) is 3.65. The van der Waals surface area contributed by atoms with Crippen LogP contribution < -0.4 is 0 Å². The number of nitrogens with zero attached hydrogens (tertiary/aromatic N) is 2. The van der Waals surface area contributed by atoms with Crippen molar-refractivity contribution in [3.05, 3.63) is 0 Å². The number of hydrogen-bond acceptors (Lipinski definition) is 2. The summed E-state index contributed by atoms with van der Waals surface area (Å²) < 4.78 is 0. The summed E-state index contributed by atoms with van der Waals surface area (Å²) in [5.74, 6) is 0.797. The molecule has 1 aliphatic rings. The molecule has 1 heterocycles. The van der Waals surface area contributed by atoms with Gasteiger partial charge in [-0.1, -0.05) is 20.8 Å². The van der Waals surface area contributed by atoms with E-state index >= 15 is 0 Å². The first-order chi connectivity index (χ1) is 5.89. The number of hydrogen-bond donors (Lipinski definition) is 0. The van der Waals surface area contributed by atoms with Gasteiger partial charge in [0.15, 0.2) is 0 Å². The van der Waals surface area contributed by atoms with Crippen LogP contribution in [0, 0.1) is 11.3 Å². The highest BCUT2D eigenvalue weighted by Crippen LogP contribution is 2.21. The molecule has 0 spiro atoms. The van der Waals surface area contributed by atoms with E-state index in [9.17, 15) is 0 Å². The highest BCUT2D eigenvalue weighted by Gasteiger charge is 2.26. The molecule has 13 heavy (non-hydrogen) atoms. The molecule has 0 radical (unpaired) electrons. The first-order valence-electron chi connectivity index (χ1n) is 5.26. The van der Waals surface area contributed by atoms with E-state index < -0.39 is 0 Å². The lowest BCUT2D eigenvalue weighted by Crippen LogP contribution is -2.46. The standard InChI is InChI=1S/C11H24N2/c1-10-6-12(4)8-11(2,3)9-13(5)7-10/h10H,6-9H2,1-5H3. The van der Waals surface area contributed by atoms with E-state index in [-0.39, 0.29) is 0 Å². The minimum Gasteiger partial charge on any atom is -0.305 e. The molecule has 0 aromatic heterocycles. The van der Waals surface area contributed by atoms with Crippen molar-refractivity contribution in [2.45, 2.75) is 20.8 Å². The van der Waals surface area contributed by atoms with Gasteiger partial charge in [-0.05, 0) is 25.4 Å². The molecule has 1 aliphatic heterocycles. The van der Waals surface area contributed by atoms with E-state index in [4.69, 9.17) is 0 Å². The van der Waals surface area contributed by atoms with Gasteiger partial charge >= 0.3 is 0 Å². The van der Waals surface area contributed by atoms with E-state index in [1.165, 1.54) is 26.2 Å². The summed E-state index contributed by atoms with van der Waals surface area (Å²) in [6, 6.07) is 0. The maximum atomic E-state index is 2.47. The summed E-state index contributed by atoms with van der Waals surface area (Å²) in [4.78, 5) is 4.94. The van der Waals surface area contributed by atoms with Crippen molar-refractivity contribution in [3.8, 4) is 0 Å². The molecular formula is C11H24N2. The van der Waals surface area contributed by atoms with Crippen molar-refractivity contribution in [2.75, 3.05) is 40.3 Å². The molecular weight excluding hydrogens is 160 g/mol. The second-order valence-electron chi connectivity index (χ2n) is 5.66. The first kappa shape index (κ1) is 11.0. The van der Waals surface area contributed by atoms with Gasteiger partial charge in [0.2, 0.25) is 0 Å². The zero-order valence-corrected chi connectivity index (χ0v) is 9.80. The van der Waals surface area contributed by atoms with Crippen LogP contribution in [-0.4, -0.2) is 50.1 Å². The molecule has 78 valence electrons. The van der Waals surface area contributed by atoms with Gasteiger partial charge in [-0.25, -0.2) is 0 Å². The third-order valence-corrected chi connectivity index (χ3v) is 2.64. The van der Waals surface area contributed by atoms with Crippen molar-refractivity contribution in [1.82, 2.24) is 9.80 Å². The predicted octanol–water partition coefficient (Wildman–Crippen LogP) is 1.53. The Morgan fingerprint density at radius 3 is 1.77 bits per heavy atom. The summed E-state index contributed by atoms with van der Waals surface area (Å²) in [6.07, 6.45) is 0. The summed E-state index contributed by atoms with van der Waals surface area (Å²) in [7, 11) is 4.48. The smallest absolute Gasteiger partial charge is 0.00420 e. The normalized spacial score (nSPS) is 28.4. The Hall–Kier alpha value is -0.0800. The van der Waals surface area contributed by atoms with E-state index in [2.05, 4.69) is 44.7 Å². The monoisotopic (exact) mass is 184 g/mol. The zero-order valence-electron chi connectivity index (χ0n) is 9.80. The molecule has 1 rings (SSSR count). The molecule has 0 amide bonds. The molecule has 0 aromatic carbocycles. The van der Waals surface area contributed by atoms with Gasteiger partial charge in [0.25, 0.3) is 0 Å². The molecule has 0 aliphatic carbocycles. The second-order valence-corrected chi connectivity index (χ2v) is 5.66. The van der Waals surface area contributed by atoms with Crippen molar-refractivity contribution in [3.63, 3.8) is 0 Å². The SMILES string of the molecule is CC1CN(C)CC(C)(C)CN(C)C1. The third-order valence-electron chi connectivity index (χ3n) is 2.64. The average molecular weight is 184 g/mol. The fraction of sp³-hybridized carbons (Fsp3) is 1.00. The second kappa shape index (κ2) is 3.97. The Labute approximate surface area is 82.9 Å². The van der Waals surface area contributed by atoms with Crippen LogP contribution in [0.25, 0.3) is 0 Å². The van der Waals surface area contributed by atoms with Gasteiger partial charge in [-0.15, -0.1) is 0 Å². The number of rotatable bonds is 0. The summed E-state index contributed by atoms with van der Waals surface area (Å²) in [5.41, 5.74) is 0.434. The highest BCUT2D eigenvalue weighted by molar-refractivity contribution is 4.80. The van der Waals surface area contributed by atoms with Crippen LogP contribution in [0.3, 0.4) is 0 Å². The van der Waals surface area contributed by atoms with Crippen LogP contribution >= 0.6 is 0 Å². The Balaban J connectivity index is 2.59. The summed E-state index contributed by atoms with van der Waals surface area (Å²) >= 11 is 0. The van der Waals surface area contributed by atoms with Crippen LogP contribution in [0.1, 0.15) is 20.8 Å². The molecule has 0 N–H and O–H groups in total. The summed E-state index contributed by atoms with van der Waals surface area (Å²) in [6.45, 7) is 11.9. The Bertz CT molecular complexity index is 149. The fourth-order valence-electron chi connectivity index (χ4n) is 2.76. The van der Waals surface area contributed by atoms with Gasteiger partial charge in [-0.2, -0.15) is 0 Å². The molecule has 1 saturated heterocycles. The van der Waals surface area contributed by atoms with Crippen molar-refractivity contribution >= 4 is 0 Å². The van der Waals surface area contributed by atoms with Crippen LogP contribution in [0.2, 0.25) is 0 Å². The average Bonchev–Trinajstić information content (AvgIpc) is 1.78. The quantitative estimate of drug-likeness (QED) is 0.563. The van der Waals surface area contributed by atoms with E-state index in [1.54, 1.807) is 0 Å². The van der Waals surface area contributed by atoms with Crippen LogP contribution in [0.4, 0.5) is 0 Å². The van der Waals surface area contributed by atoms with Gasteiger partial charge in [0, 0.05) is 26.2 Å². The predicted molar refractivity (Wildman–Crippen MR) is 57.9 cm³/mol. The van der Waals surface area contributed by atoms with E-state index in [1.807, 2.05) is 0 Å². The van der Waals surface area contributed by atoms with Crippen LogP contribution in [-0.2, 0) is 0 Å². The zero-order chi connectivity index (χ0) is 10.1. The Morgan fingerprint density at radius 2 is 1.38 bits per heavy atom. The lowest BCUT2D eigenvalue weighted by Gasteiger charge is -2.39. The van der Waals surface area contributed by atoms with Crippen LogP contribution in [0.5, 0.6) is 0 Å². The molecule has 0 unspecified atom stereocenters. The van der Waals surface area contributed by atoms with Gasteiger partial charge in [-0.3, -0.25) is 0 Å². The summed E-state index contributed by atoms with van der Waals surface area (Å²) in [5, 5.41) is 0. The minimum atomic E-state index is 0.434. The van der Waals surface area contributed by atoms with Crippen LogP contribution in [0.15, 0.2) is 0 Å². The van der Waals surface area contributed by atoms with Crippen molar-refractivity contribution in [2.24, 2.45) is 11.3 Å².